The van der Waals surface area contributed by atoms with Crippen LogP contribution in [0.4, 0.5) is 23.7 Å². The molecule has 0 radical (unpaired) electrons. The minimum Gasteiger partial charge on any atom is -0.390 e. The molecule has 1 unspecified atom stereocenters. The first-order valence-corrected chi connectivity index (χ1v) is 9.20. The second kappa shape index (κ2) is 7.18. The van der Waals surface area contributed by atoms with Gasteiger partial charge in [-0.2, -0.15) is 13.2 Å². The van der Waals surface area contributed by atoms with Crippen LogP contribution in [0.25, 0.3) is 0 Å². The van der Waals surface area contributed by atoms with Crippen molar-refractivity contribution in [1.29, 1.82) is 0 Å². The maximum Gasteiger partial charge on any atom is 0.427 e. The quantitative estimate of drug-likeness (QED) is 0.665. The number of carbonyl (C=O) groups excluding carboxylic acids is 1. The number of anilines is 1. The van der Waals surface area contributed by atoms with Crippen molar-refractivity contribution in [3.05, 3.63) is 57.8 Å². The number of fused-ring (bicyclic) bond motifs is 1. The number of aromatic nitrogens is 2. The van der Waals surface area contributed by atoms with E-state index < -0.39 is 23.3 Å². The van der Waals surface area contributed by atoms with Gasteiger partial charge in [0.2, 0.25) is 5.54 Å². The molecule has 7 nitrogen and oxygen atoms in total. The molecule has 4 rings (SSSR count). The molecule has 1 aliphatic carbocycles. The molecule has 1 aliphatic heterocycles. The topological polar surface area (TPSA) is 96.2 Å². The fourth-order valence-corrected chi connectivity index (χ4v) is 3.21. The predicted molar refractivity (Wildman–Crippen MR) is 100 cm³/mol. The number of halogens is 3. The van der Waals surface area contributed by atoms with Crippen molar-refractivity contribution in [3.8, 4) is 11.8 Å². The number of nitrogens with one attached hydrogen (secondary N) is 2. The average Bonchev–Trinajstić information content (AvgIpc) is 3.51. The molecule has 0 spiro atoms. The number of benzene rings is 1. The SMILES string of the molecule is O=C1Nc2cc(Cn3cnc(CO)cc3=O)ccc2C(C#CC2CC2)(C(F)(F)F)N1. The van der Waals surface area contributed by atoms with Gasteiger partial charge < -0.3 is 15.7 Å². The monoisotopic (exact) mass is 418 g/mol. The minimum atomic E-state index is -4.83. The first-order valence-electron chi connectivity index (χ1n) is 9.20. The summed E-state index contributed by atoms with van der Waals surface area (Å²) < 4.78 is 43.5. The maximum atomic E-state index is 14.1. The van der Waals surface area contributed by atoms with Gasteiger partial charge in [-0.3, -0.25) is 9.36 Å². The van der Waals surface area contributed by atoms with E-state index in [1.165, 1.54) is 35.2 Å². The molecular weight excluding hydrogens is 401 g/mol. The van der Waals surface area contributed by atoms with Gasteiger partial charge in [-0.25, -0.2) is 9.78 Å². The molecule has 30 heavy (non-hydrogen) atoms. The van der Waals surface area contributed by atoms with E-state index in [0.29, 0.717) is 5.56 Å². The number of hydrogen-bond acceptors (Lipinski definition) is 4. The Bertz CT molecular complexity index is 1130. The number of aliphatic hydroxyl groups excluding tert-OH is 1. The highest BCUT2D eigenvalue weighted by Gasteiger charge is 2.59. The molecule has 2 aliphatic rings. The van der Waals surface area contributed by atoms with Gasteiger partial charge in [0.05, 0.1) is 25.2 Å². The fourth-order valence-electron chi connectivity index (χ4n) is 3.21. The zero-order valence-electron chi connectivity index (χ0n) is 15.6. The first kappa shape index (κ1) is 20.0. The summed E-state index contributed by atoms with van der Waals surface area (Å²) in [5.74, 6) is 4.82. The van der Waals surface area contributed by atoms with Crippen LogP contribution in [-0.4, -0.2) is 26.9 Å². The van der Waals surface area contributed by atoms with Gasteiger partial charge in [0.15, 0.2) is 0 Å². The molecule has 1 saturated carbocycles. The van der Waals surface area contributed by atoms with Gasteiger partial charge in [-0.05, 0) is 24.5 Å². The number of rotatable bonds is 3. The van der Waals surface area contributed by atoms with E-state index in [2.05, 4.69) is 22.1 Å². The Morgan fingerprint density at radius 1 is 1.27 bits per heavy atom. The zero-order valence-corrected chi connectivity index (χ0v) is 15.6. The smallest absolute Gasteiger partial charge is 0.390 e. The molecule has 1 aromatic heterocycles. The summed E-state index contributed by atoms with van der Waals surface area (Å²) in [6.07, 6.45) is -2.09. The highest BCUT2D eigenvalue weighted by Crippen LogP contribution is 2.44. The molecule has 1 atom stereocenters. The van der Waals surface area contributed by atoms with Gasteiger partial charge in [-0.1, -0.05) is 24.0 Å². The minimum absolute atomic E-state index is 0.0216. The lowest BCUT2D eigenvalue weighted by Crippen LogP contribution is -2.59. The van der Waals surface area contributed by atoms with E-state index in [1.807, 2.05) is 5.32 Å². The van der Waals surface area contributed by atoms with Crippen molar-refractivity contribution >= 4 is 11.7 Å². The number of nitrogens with zero attached hydrogens (tertiary/aromatic N) is 2. The maximum absolute atomic E-state index is 14.1. The molecule has 3 N–H and O–H groups in total. The average molecular weight is 418 g/mol. The largest absolute Gasteiger partial charge is 0.427 e. The van der Waals surface area contributed by atoms with E-state index in [4.69, 9.17) is 5.11 Å². The molecular formula is C20H17F3N4O3. The lowest BCUT2D eigenvalue weighted by Gasteiger charge is -2.37. The molecule has 10 heteroatoms. The molecule has 2 amide bonds. The van der Waals surface area contributed by atoms with E-state index in [0.717, 1.165) is 12.8 Å². The summed E-state index contributed by atoms with van der Waals surface area (Å²) in [7, 11) is 0. The van der Waals surface area contributed by atoms with E-state index in [9.17, 15) is 22.8 Å². The summed E-state index contributed by atoms with van der Waals surface area (Å²) in [5.41, 5.74) is -2.74. The van der Waals surface area contributed by atoms with E-state index in [-0.39, 0.29) is 36.0 Å². The Labute approximate surface area is 168 Å². The fraction of sp³-hybridized carbons (Fsp3) is 0.350. The van der Waals surface area contributed by atoms with Crippen molar-refractivity contribution in [1.82, 2.24) is 14.9 Å². The summed E-state index contributed by atoms with van der Waals surface area (Å²) in [4.78, 5) is 28.1. The second-order valence-corrected chi connectivity index (χ2v) is 7.25. The Morgan fingerprint density at radius 3 is 2.67 bits per heavy atom. The van der Waals surface area contributed by atoms with Crippen LogP contribution in [0, 0.1) is 17.8 Å². The van der Waals surface area contributed by atoms with Gasteiger partial charge in [0, 0.05) is 23.2 Å². The highest BCUT2D eigenvalue weighted by molar-refractivity contribution is 5.95. The lowest BCUT2D eigenvalue weighted by atomic mass is 9.85. The second-order valence-electron chi connectivity index (χ2n) is 7.25. The van der Waals surface area contributed by atoms with E-state index >= 15 is 0 Å². The summed E-state index contributed by atoms with van der Waals surface area (Å²) in [6, 6.07) is 4.26. The lowest BCUT2D eigenvalue weighted by molar-refractivity contribution is -0.178. The zero-order chi connectivity index (χ0) is 21.5. The Hall–Kier alpha value is -3.32. The Balaban J connectivity index is 1.74. The van der Waals surface area contributed by atoms with E-state index in [1.54, 1.807) is 0 Å². The van der Waals surface area contributed by atoms with Crippen molar-refractivity contribution in [2.75, 3.05) is 5.32 Å². The number of alkyl halides is 3. The van der Waals surface area contributed by atoms with Crippen molar-refractivity contribution in [2.45, 2.75) is 37.7 Å². The number of hydrogen-bond donors (Lipinski definition) is 3. The number of carbonyl (C=O) groups is 1. The number of urea groups is 1. The van der Waals surface area contributed by atoms with Crippen molar-refractivity contribution in [2.24, 2.45) is 5.92 Å². The first-order chi connectivity index (χ1) is 14.2. The summed E-state index contributed by atoms with van der Waals surface area (Å²) >= 11 is 0. The molecule has 2 heterocycles. The summed E-state index contributed by atoms with van der Waals surface area (Å²) in [5, 5.41) is 13.4. The normalized spacial score (nSPS) is 20.5. The standard InChI is InChI=1S/C20H17F3N4O3/c21-20(22,23)19(6-5-12-1-2-12)15-4-3-13(7-16(15)25-18(30)26-19)9-27-11-24-14(10-28)8-17(27)29/h3-4,7-8,11-12,28H,1-2,9-10H2,(H2,25,26,30). The van der Waals surface area contributed by atoms with Crippen LogP contribution < -0.4 is 16.2 Å². The van der Waals surface area contributed by atoms with Gasteiger partial charge in [0.1, 0.15) is 0 Å². The molecule has 1 fully saturated rings. The van der Waals surface area contributed by atoms with Crippen molar-refractivity contribution in [3.63, 3.8) is 0 Å². The Morgan fingerprint density at radius 2 is 2.03 bits per heavy atom. The van der Waals surface area contributed by atoms with Crippen LogP contribution in [0.1, 0.15) is 29.7 Å². The van der Waals surface area contributed by atoms with Crippen molar-refractivity contribution < 1.29 is 23.1 Å². The number of aliphatic hydroxyl groups is 1. The van der Waals surface area contributed by atoms with Crippen LogP contribution >= 0.6 is 0 Å². The predicted octanol–water partition coefficient (Wildman–Crippen LogP) is 2.09. The third-order valence-corrected chi connectivity index (χ3v) is 4.95. The molecule has 2 aromatic rings. The number of amides is 2. The van der Waals surface area contributed by atoms with Crippen LogP contribution in [0.3, 0.4) is 0 Å². The molecule has 1 aromatic carbocycles. The van der Waals surface area contributed by atoms with Gasteiger partial charge >= 0.3 is 12.2 Å². The van der Waals surface area contributed by atoms with Gasteiger partial charge in [-0.15, -0.1) is 0 Å². The van der Waals surface area contributed by atoms with Crippen LogP contribution in [0.5, 0.6) is 0 Å². The molecule has 0 saturated heterocycles. The van der Waals surface area contributed by atoms with Crippen LogP contribution in [0.2, 0.25) is 0 Å². The summed E-state index contributed by atoms with van der Waals surface area (Å²) in [6.45, 7) is -0.351. The molecule has 156 valence electrons. The third-order valence-electron chi connectivity index (χ3n) is 4.95. The van der Waals surface area contributed by atoms with Gasteiger partial charge in [0.25, 0.3) is 5.56 Å². The molecule has 0 bridgehead atoms. The highest BCUT2D eigenvalue weighted by atomic mass is 19.4. The van der Waals surface area contributed by atoms with Crippen LogP contribution in [0.15, 0.2) is 35.4 Å². The Kier molecular flexibility index (Phi) is 4.78. The van der Waals surface area contributed by atoms with Crippen LogP contribution in [-0.2, 0) is 18.7 Å². The third kappa shape index (κ3) is 3.64.